The van der Waals surface area contributed by atoms with E-state index in [2.05, 4.69) is 5.32 Å². The van der Waals surface area contributed by atoms with E-state index in [9.17, 15) is 14.0 Å². The zero-order valence-corrected chi connectivity index (χ0v) is 11.5. The van der Waals surface area contributed by atoms with E-state index >= 15 is 0 Å². The van der Waals surface area contributed by atoms with Crippen molar-refractivity contribution in [1.29, 1.82) is 0 Å². The molecule has 0 bridgehead atoms. The molecule has 0 aliphatic carbocycles. The number of rotatable bonds is 7. The normalized spacial score (nSPS) is 11.8. The molecule has 1 atom stereocenters. The van der Waals surface area contributed by atoms with E-state index in [1.807, 2.05) is 13.8 Å². The van der Waals surface area contributed by atoms with Gasteiger partial charge in [-0.05, 0) is 25.5 Å². The van der Waals surface area contributed by atoms with Gasteiger partial charge in [-0.3, -0.25) is 4.79 Å². The average molecular weight is 283 g/mol. The highest BCUT2D eigenvalue weighted by Crippen LogP contribution is 2.16. The summed E-state index contributed by atoms with van der Waals surface area (Å²) in [5, 5.41) is 11.4. The number of nitrogens with one attached hydrogen (secondary N) is 1. The quantitative estimate of drug-likeness (QED) is 0.804. The Labute approximate surface area is 116 Å². The number of hydrogen-bond donors (Lipinski definition) is 2. The lowest BCUT2D eigenvalue weighted by Crippen LogP contribution is -2.35. The number of ether oxygens (including phenoxy) is 1. The fraction of sp³-hybridized carbons (Fsp3) is 0.429. The first-order valence-corrected chi connectivity index (χ1v) is 6.39. The Balaban J connectivity index is 2.52. The van der Waals surface area contributed by atoms with Crippen LogP contribution in [0.25, 0.3) is 0 Å². The predicted octanol–water partition coefficient (Wildman–Crippen LogP) is 2.21. The smallest absolute Gasteiger partial charge is 0.338 e. The molecule has 0 aliphatic rings. The monoisotopic (exact) mass is 283 g/mol. The number of carboxylic acids is 1. The summed E-state index contributed by atoms with van der Waals surface area (Å²) in [7, 11) is 0. The van der Waals surface area contributed by atoms with Gasteiger partial charge in [0.25, 0.3) is 5.91 Å². The Morgan fingerprint density at radius 3 is 2.70 bits per heavy atom. The van der Waals surface area contributed by atoms with E-state index in [-0.39, 0.29) is 24.3 Å². The number of halogens is 1. The van der Waals surface area contributed by atoms with Crippen molar-refractivity contribution in [1.82, 2.24) is 5.32 Å². The summed E-state index contributed by atoms with van der Waals surface area (Å²) < 4.78 is 18.5. The molecule has 110 valence electrons. The maximum atomic E-state index is 13.4. The molecule has 1 aromatic carbocycles. The SMILES string of the molecule is CCCC(C)NC(=O)COc1ccc(C(=O)O)c(F)c1. The minimum absolute atomic E-state index is 0.0576. The van der Waals surface area contributed by atoms with Crippen LogP contribution in [0.2, 0.25) is 0 Å². The van der Waals surface area contributed by atoms with Crippen LogP contribution in [0.1, 0.15) is 37.0 Å². The van der Waals surface area contributed by atoms with Gasteiger partial charge in [-0.1, -0.05) is 13.3 Å². The summed E-state index contributed by atoms with van der Waals surface area (Å²) in [5.74, 6) is -2.42. The largest absolute Gasteiger partial charge is 0.484 e. The third-order valence-corrected chi connectivity index (χ3v) is 2.67. The van der Waals surface area contributed by atoms with Gasteiger partial charge in [0, 0.05) is 12.1 Å². The van der Waals surface area contributed by atoms with Crippen molar-refractivity contribution >= 4 is 11.9 Å². The second-order valence-corrected chi connectivity index (χ2v) is 4.49. The molecule has 0 radical (unpaired) electrons. The molecule has 1 amide bonds. The van der Waals surface area contributed by atoms with Crippen LogP contribution in [-0.2, 0) is 4.79 Å². The van der Waals surface area contributed by atoms with Crippen LogP contribution in [0.5, 0.6) is 5.75 Å². The standard InChI is InChI=1S/C14H18FNO4/c1-3-4-9(2)16-13(17)8-20-10-5-6-11(14(18)19)12(15)7-10/h5-7,9H,3-4,8H2,1-2H3,(H,16,17)(H,18,19). The van der Waals surface area contributed by atoms with Crippen molar-refractivity contribution in [2.75, 3.05) is 6.61 Å². The zero-order chi connectivity index (χ0) is 15.1. The first-order chi connectivity index (χ1) is 9.43. The Hall–Kier alpha value is -2.11. The number of amides is 1. The first kappa shape index (κ1) is 15.9. The first-order valence-electron chi connectivity index (χ1n) is 6.39. The molecule has 0 saturated heterocycles. The summed E-state index contributed by atoms with van der Waals surface area (Å²) in [6.07, 6.45) is 1.83. The molecule has 20 heavy (non-hydrogen) atoms. The zero-order valence-electron chi connectivity index (χ0n) is 11.5. The van der Waals surface area contributed by atoms with Gasteiger partial charge in [0.1, 0.15) is 11.6 Å². The van der Waals surface area contributed by atoms with Gasteiger partial charge in [-0.25, -0.2) is 9.18 Å². The Morgan fingerprint density at radius 2 is 2.15 bits per heavy atom. The minimum Gasteiger partial charge on any atom is -0.484 e. The van der Waals surface area contributed by atoms with Crippen LogP contribution in [0.3, 0.4) is 0 Å². The lowest BCUT2D eigenvalue weighted by molar-refractivity contribution is -0.123. The highest BCUT2D eigenvalue weighted by molar-refractivity contribution is 5.88. The second-order valence-electron chi connectivity index (χ2n) is 4.49. The molecule has 6 heteroatoms. The van der Waals surface area contributed by atoms with E-state index in [0.29, 0.717) is 0 Å². The van der Waals surface area contributed by atoms with Crippen LogP contribution >= 0.6 is 0 Å². The summed E-state index contributed by atoms with van der Waals surface area (Å²) in [4.78, 5) is 22.2. The van der Waals surface area contributed by atoms with Gasteiger partial charge in [-0.2, -0.15) is 0 Å². The molecular formula is C14H18FNO4. The number of benzene rings is 1. The van der Waals surface area contributed by atoms with Crippen molar-refractivity contribution in [3.63, 3.8) is 0 Å². The molecule has 2 N–H and O–H groups in total. The molecular weight excluding hydrogens is 265 g/mol. The van der Waals surface area contributed by atoms with Crippen molar-refractivity contribution in [3.05, 3.63) is 29.6 Å². The highest BCUT2D eigenvalue weighted by Gasteiger charge is 2.12. The average Bonchev–Trinajstić information content (AvgIpc) is 2.36. The number of carbonyl (C=O) groups excluding carboxylic acids is 1. The molecule has 1 rings (SSSR count). The topological polar surface area (TPSA) is 75.6 Å². The maximum Gasteiger partial charge on any atom is 0.338 e. The molecule has 1 aromatic rings. The Bertz CT molecular complexity index is 490. The molecule has 0 aliphatic heterocycles. The van der Waals surface area contributed by atoms with Crippen LogP contribution in [0.4, 0.5) is 4.39 Å². The van der Waals surface area contributed by atoms with Crippen LogP contribution in [0.15, 0.2) is 18.2 Å². The number of hydrogen-bond acceptors (Lipinski definition) is 3. The number of carbonyl (C=O) groups is 2. The fourth-order valence-electron chi connectivity index (χ4n) is 1.73. The predicted molar refractivity (Wildman–Crippen MR) is 71.4 cm³/mol. The summed E-state index contributed by atoms with van der Waals surface area (Å²) in [6.45, 7) is 3.68. The Kier molecular flexibility index (Phi) is 5.96. The summed E-state index contributed by atoms with van der Waals surface area (Å²) in [6, 6.07) is 3.42. The Morgan fingerprint density at radius 1 is 1.45 bits per heavy atom. The van der Waals surface area contributed by atoms with E-state index in [1.54, 1.807) is 0 Å². The molecule has 0 aromatic heterocycles. The highest BCUT2D eigenvalue weighted by atomic mass is 19.1. The van der Waals surface area contributed by atoms with Gasteiger partial charge in [0.05, 0.1) is 5.56 Å². The van der Waals surface area contributed by atoms with Crippen LogP contribution in [0, 0.1) is 5.82 Å². The van der Waals surface area contributed by atoms with Crippen molar-refractivity contribution in [2.24, 2.45) is 0 Å². The lowest BCUT2D eigenvalue weighted by atomic mass is 10.2. The molecule has 5 nitrogen and oxygen atoms in total. The van der Waals surface area contributed by atoms with Crippen molar-refractivity contribution in [2.45, 2.75) is 32.7 Å². The van der Waals surface area contributed by atoms with Gasteiger partial charge in [-0.15, -0.1) is 0 Å². The van der Waals surface area contributed by atoms with Gasteiger partial charge in [0.2, 0.25) is 0 Å². The third-order valence-electron chi connectivity index (χ3n) is 2.67. The van der Waals surface area contributed by atoms with E-state index in [0.717, 1.165) is 25.0 Å². The van der Waals surface area contributed by atoms with Gasteiger partial charge >= 0.3 is 5.97 Å². The van der Waals surface area contributed by atoms with E-state index in [1.165, 1.54) is 6.07 Å². The summed E-state index contributed by atoms with van der Waals surface area (Å²) in [5.41, 5.74) is -0.432. The molecule has 1 unspecified atom stereocenters. The minimum atomic E-state index is -1.35. The van der Waals surface area contributed by atoms with Crippen LogP contribution in [-0.4, -0.2) is 29.6 Å². The van der Waals surface area contributed by atoms with Crippen molar-refractivity contribution in [3.8, 4) is 5.75 Å². The third kappa shape index (κ3) is 4.87. The van der Waals surface area contributed by atoms with Gasteiger partial charge < -0.3 is 15.2 Å². The molecule has 0 spiro atoms. The lowest BCUT2D eigenvalue weighted by Gasteiger charge is -2.13. The second kappa shape index (κ2) is 7.47. The fourth-order valence-corrected chi connectivity index (χ4v) is 1.73. The van der Waals surface area contributed by atoms with Crippen molar-refractivity contribution < 1.29 is 23.8 Å². The number of carboxylic acid groups (broad SMARTS) is 1. The number of aromatic carboxylic acids is 1. The maximum absolute atomic E-state index is 13.4. The molecule has 0 saturated carbocycles. The summed E-state index contributed by atoms with van der Waals surface area (Å²) >= 11 is 0. The molecule has 0 heterocycles. The van der Waals surface area contributed by atoms with Crippen LogP contribution < -0.4 is 10.1 Å². The van der Waals surface area contributed by atoms with Gasteiger partial charge in [0.15, 0.2) is 6.61 Å². The molecule has 0 fully saturated rings. The van der Waals surface area contributed by atoms with E-state index < -0.39 is 17.3 Å². The van der Waals surface area contributed by atoms with E-state index in [4.69, 9.17) is 9.84 Å².